The van der Waals surface area contributed by atoms with E-state index in [1.165, 1.54) is 6.42 Å². The first-order valence-corrected chi connectivity index (χ1v) is 8.79. The predicted octanol–water partition coefficient (Wildman–Crippen LogP) is 2.78. The molecule has 2 aliphatic rings. The van der Waals surface area contributed by atoms with Gasteiger partial charge in [-0.05, 0) is 43.4 Å². The summed E-state index contributed by atoms with van der Waals surface area (Å²) in [5.41, 5.74) is 1.02. The maximum atomic E-state index is 12.7. The van der Waals surface area contributed by atoms with Gasteiger partial charge < -0.3 is 14.7 Å². The van der Waals surface area contributed by atoms with Gasteiger partial charge in [0.25, 0.3) is 0 Å². The first-order chi connectivity index (χ1) is 11.2. The van der Waals surface area contributed by atoms with Crippen LogP contribution in [0.2, 0.25) is 0 Å². The molecule has 1 aromatic rings. The Balaban J connectivity index is 1.65. The summed E-state index contributed by atoms with van der Waals surface area (Å²) in [6.45, 7) is 0.836. The van der Waals surface area contributed by atoms with Crippen LogP contribution in [0.3, 0.4) is 0 Å². The lowest BCUT2D eigenvalue weighted by Gasteiger charge is -2.37. The van der Waals surface area contributed by atoms with Gasteiger partial charge in [0, 0.05) is 18.5 Å². The van der Waals surface area contributed by atoms with Gasteiger partial charge >= 0.3 is 0 Å². The van der Waals surface area contributed by atoms with Crippen molar-refractivity contribution in [1.82, 2.24) is 4.90 Å². The number of hydrogen-bond acceptors (Lipinski definition) is 3. The topological polar surface area (TPSA) is 49.8 Å². The molecule has 3 rings (SSSR count). The SMILES string of the molecule is COc1ccc(CC(=O)N2CCC[C@@H]2[C@H]2CCCC[C@H]2O)cc1. The Kier molecular flexibility index (Phi) is 5.21. The molecule has 1 aromatic carbocycles. The van der Waals surface area contributed by atoms with E-state index < -0.39 is 0 Å². The number of rotatable bonds is 4. The van der Waals surface area contributed by atoms with Crippen molar-refractivity contribution in [1.29, 1.82) is 0 Å². The van der Waals surface area contributed by atoms with E-state index in [2.05, 4.69) is 0 Å². The number of benzene rings is 1. The fraction of sp³-hybridized carbons (Fsp3) is 0.632. The summed E-state index contributed by atoms with van der Waals surface area (Å²) < 4.78 is 5.16. The Bertz CT molecular complexity index is 528. The lowest BCUT2D eigenvalue weighted by Crippen LogP contribution is -2.45. The number of carbonyl (C=O) groups is 1. The van der Waals surface area contributed by atoms with Crippen molar-refractivity contribution in [2.24, 2.45) is 5.92 Å². The van der Waals surface area contributed by atoms with Gasteiger partial charge in [-0.15, -0.1) is 0 Å². The van der Waals surface area contributed by atoms with Crippen LogP contribution in [0, 0.1) is 5.92 Å². The van der Waals surface area contributed by atoms with E-state index in [1.807, 2.05) is 29.2 Å². The zero-order valence-corrected chi connectivity index (χ0v) is 13.9. The fourth-order valence-electron chi connectivity index (χ4n) is 4.16. The molecule has 1 saturated carbocycles. The molecule has 0 spiro atoms. The van der Waals surface area contributed by atoms with E-state index in [4.69, 9.17) is 4.74 Å². The highest BCUT2D eigenvalue weighted by molar-refractivity contribution is 5.79. The highest BCUT2D eigenvalue weighted by Crippen LogP contribution is 2.35. The Labute approximate surface area is 138 Å². The molecular weight excluding hydrogens is 290 g/mol. The van der Waals surface area contributed by atoms with E-state index in [0.717, 1.165) is 50.0 Å². The van der Waals surface area contributed by atoms with E-state index >= 15 is 0 Å². The minimum atomic E-state index is -0.233. The molecule has 1 aliphatic carbocycles. The standard InChI is InChI=1S/C19H27NO3/c1-23-15-10-8-14(9-11-15)13-19(22)20-12-4-6-17(20)16-5-2-3-7-18(16)21/h8-11,16-18,21H,2-7,12-13H2,1H3/t16-,17-,18-/m1/s1. The average molecular weight is 317 g/mol. The number of aliphatic hydroxyl groups excluding tert-OH is 1. The molecule has 23 heavy (non-hydrogen) atoms. The molecule has 0 bridgehead atoms. The van der Waals surface area contributed by atoms with Crippen LogP contribution >= 0.6 is 0 Å². The first-order valence-electron chi connectivity index (χ1n) is 8.79. The molecule has 0 radical (unpaired) electrons. The number of carbonyl (C=O) groups excluding carboxylic acids is 1. The number of nitrogens with zero attached hydrogens (tertiary/aromatic N) is 1. The van der Waals surface area contributed by atoms with Gasteiger partial charge in [-0.3, -0.25) is 4.79 Å². The summed E-state index contributed by atoms with van der Waals surface area (Å²) in [6, 6.07) is 7.94. The van der Waals surface area contributed by atoms with Crippen LogP contribution in [-0.2, 0) is 11.2 Å². The molecule has 1 heterocycles. The maximum absolute atomic E-state index is 12.7. The van der Waals surface area contributed by atoms with Crippen LogP contribution < -0.4 is 4.74 Å². The molecule has 1 aliphatic heterocycles. The molecule has 2 fully saturated rings. The van der Waals surface area contributed by atoms with E-state index in [0.29, 0.717) is 6.42 Å². The van der Waals surface area contributed by atoms with Gasteiger partial charge in [0.2, 0.25) is 5.91 Å². The number of methoxy groups -OCH3 is 1. The predicted molar refractivity (Wildman–Crippen MR) is 89.4 cm³/mol. The fourth-order valence-corrected chi connectivity index (χ4v) is 4.16. The second-order valence-corrected chi connectivity index (χ2v) is 6.84. The van der Waals surface area contributed by atoms with Crippen molar-refractivity contribution in [2.45, 2.75) is 57.1 Å². The third-order valence-corrected chi connectivity index (χ3v) is 5.41. The largest absolute Gasteiger partial charge is 0.497 e. The maximum Gasteiger partial charge on any atom is 0.227 e. The highest BCUT2D eigenvalue weighted by Gasteiger charge is 2.38. The monoisotopic (exact) mass is 317 g/mol. The van der Waals surface area contributed by atoms with Crippen molar-refractivity contribution >= 4 is 5.91 Å². The first kappa shape index (κ1) is 16.3. The van der Waals surface area contributed by atoms with Crippen molar-refractivity contribution < 1.29 is 14.6 Å². The molecular formula is C19H27NO3. The zero-order valence-electron chi connectivity index (χ0n) is 13.9. The number of ether oxygens (including phenoxy) is 1. The second kappa shape index (κ2) is 7.35. The van der Waals surface area contributed by atoms with E-state index in [9.17, 15) is 9.90 Å². The molecule has 4 nitrogen and oxygen atoms in total. The summed E-state index contributed by atoms with van der Waals surface area (Å²) in [7, 11) is 1.64. The van der Waals surface area contributed by atoms with Crippen LogP contribution in [-0.4, -0.2) is 41.7 Å². The van der Waals surface area contributed by atoms with Crippen molar-refractivity contribution in [3.05, 3.63) is 29.8 Å². The molecule has 4 heteroatoms. The van der Waals surface area contributed by atoms with E-state index in [-0.39, 0.29) is 24.0 Å². The van der Waals surface area contributed by atoms with Gasteiger partial charge in [-0.25, -0.2) is 0 Å². The highest BCUT2D eigenvalue weighted by atomic mass is 16.5. The van der Waals surface area contributed by atoms with Gasteiger partial charge in [0.15, 0.2) is 0 Å². The molecule has 1 saturated heterocycles. The summed E-state index contributed by atoms with van der Waals surface area (Å²) in [4.78, 5) is 14.8. The minimum absolute atomic E-state index is 0.190. The Morgan fingerprint density at radius 1 is 1.17 bits per heavy atom. The number of likely N-dealkylation sites (tertiary alicyclic amines) is 1. The minimum Gasteiger partial charge on any atom is -0.497 e. The molecule has 0 unspecified atom stereocenters. The second-order valence-electron chi connectivity index (χ2n) is 6.84. The van der Waals surface area contributed by atoms with Gasteiger partial charge in [-0.2, -0.15) is 0 Å². The third-order valence-electron chi connectivity index (χ3n) is 5.41. The van der Waals surface area contributed by atoms with Crippen molar-refractivity contribution in [2.75, 3.05) is 13.7 Å². The smallest absolute Gasteiger partial charge is 0.227 e. The molecule has 126 valence electrons. The lowest BCUT2D eigenvalue weighted by atomic mass is 9.80. The van der Waals surface area contributed by atoms with Gasteiger partial charge in [-0.1, -0.05) is 25.0 Å². The summed E-state index contributed by atoms with van der Waals surface area (Å²) in [5.74, 6) is 1.27. The summed E-state index contributed by atoms with van der Waals surface area (Å²) >= 11 is 0. The summed E-state index contributed by atoms with van der Waals surface area (Å²) in [5, 5.41) is 10.3. The van der Waals surface area contributed by atoms with Crippen LogP contribution in [0.25, 0.3) is 0 Å². The Morgan fingerprint density at radius 3 is 2.61 bits per heavy atom. The van der Waals surface area contributed by atoms with Crippen LogP contribution in [0.1, 0.15) is 44.1 Å². The van der Waals surface area contributed by atoms with Crippen molar-refractivity contribution in [3.8, 4) is 5.75 Å². The third kappa shape index (κ3) is 3.69. The van der Waals surface area contributed by atoms with Crippen LogP contribution in [0.5, 0.6) is 5.75 Å². The molecule has 1 amide bonds. The average Bonchev–Trinajstić information content (AvgIpc) is 3.05. The van der Waals surface area contributed by atoms with Crippen molar-refractivity contribution in [3.63, 3.8) is 0 Å². The van der Waals surface area contributed by atoms with E-state index in [1.54, 1.807) is 7.11 Å². The number of amides is 1. The number of aliphatic hydroxyl groups is 1. The lowest BCUT2D eigenvalue weighted by molar-refractivity contribution is -0.133. The van der Waals surface area contributed by atoms with Gasteiger partial charge in [0.1, 0.15) is 5.75 Å². The molecule has 1 N–H and O–H groups in total. The quantitative estimate of drug-likeness (QED) is 0.929. The van der Waals surface area contributed by atoms with Gasteiger partial charge in [0.05, 0.1) is 19.6 Å². The molecule has 3 atom stereocenters. The number of hydrogen-bond donors (Lipinski definition) is 1. The Hall–Kier alpha value is -1.55. The normalized spacial score (nSPS) is 27.9. The summed E-state index contributed by atoms with van der Waals surface area (Å²) in [6.07, 6.45) is 6.54. The Morgan fingerprint density at radius 2 is 1.91 bits per heavy atom. The zero-order chi connectivity index (χ0) is 16.2. The van der Waals surface area contributed by atoms with Crippen LogP contribution in [0.4, 0.5) is 0 Å². The van der Waals surface area contributed by atoms with Crippen LogP contribution in [0.15, 0.2) is 24.3 Å². The molecule has 0 aromatic heterocycles.